The van der Waals surface area contributed by atoms with E-state index in [1.54, 1.807) is 11.3 Å². The van der Waals surface area contributed by atoms with Crippen LogP contribution in [0.2, 0.25) is 0 Å². The Hall–Kier alpha value is -1.36. The fourth-order valence-electron chi connectivity index (χ4n) is 2.48. The van der Waals surface area contributed by atoms with Gasteiger partial charge in [0.05, 0.1) is 0 Å². The van der Waals surface area contributed by atoms with Gasteiger partial charge in [0.25, 0.3) is 0 Å². The second kappa shape index (κ2) is 5.95. The van der Waals surface area contributed by atoms with E-state index in [4.69, 9.17) is 0 Å². The van der Waals surface area contributed by atoms with Gasteiger partial charge in [-0.2, -0.15) is 0 Å². The lowest BCUT2D eigenvalue weighted by Crippen LogP contribution is -2.45. The Kier molecular flexibility index (Phi) is 4.48. The summed E-state index contributed by atoms with van der Waals surface area (Å²) in [6, 6.07) is 1.28. The second-order valence-electron chi connectivity index (χ2n) is 5.63. The molecule has 0 aliphatic heterocycles. The molecule has 0 saturated heterocycles. The lowest BCUT2D eigenvalue weighted by molar-refractivity contribution is -0.143. The van der Waals surface area contributed by atoms with Crippen molar-refractivity contribution in [1.29, 1.82) is 0 Å². The third-order valence-electron chi connectivity index (χ3n) is 4.14. The molecule has 20 heavy (non-hydrogen) atoms. The van der Waals surface area contributed by atoms with Gasteiger partial charge in [0, 0.05) is 16.7 Å². The number of hydrogen-bond acceptors (Lipinski definition) is 3. The van der Waals surface area contributed by atoms with Crippen molar-refractivity contribution in [1.82, 2.24) is 5.32 Å². The molecule has 4 nitrogen and oxygen atoms in total. The predicted octanol–water partition coefficient (Wildman–Crippen LogP) is 2.78. The molecule has 2 rings (SSSR count). The highest BCUT2D eigenvalue weighted by Crippen LogP contribution is 2.50. The number of aliphatic carboxylic acids is 1. The Morgan fingerprint density at radius 1 is 1.55 bits per heavy atom. The average Bonchev–Trinajstić information content (AvgIpc) is 3.09. The number of carbonyl (C=O) groups excluding carboxylic acids is 1. The van der Waals surface area contributed by atoms with Crippen LogP contribution in [0.1, 0.15) is 43.0 Å². The van der Waals surface area contributed by atoms with Gasteiger partial charge in [0.1, 0.15) is 6.04 Å². The molecule has 1 fully saturated rings. The van der Waals surface area contributed by atoms with Gasteiger partial charge in [0.2, 0.25) is 5.91 Å². The topological polar surface area (TPSA) is 66.4 Å². The van der Waals surface area contributed by atoms with E-state index in [0.717, 1.165) is 12.8 Å². The summed E-state index contributed by atoms with van der Waals surface area (Å²) in [4.78, 5) is 24.7. The highest BCUT2D eigenvalue weighted by Gasteiger charge is 2.46. The maximum atomic E-state index is 12.2. The number of hydrogen-bond donors (Lipinski definition) is 2. The molecule has 0 bridgehead atoms. The molecule has 0 spiro atoms. The van der Waals surface area contributed by atoms with Gasteiger partial charge in [-0.15, -0.1) is 11.3 Å². The quantitative estimate of drug-likeness (QED) is 0.848. The van der Waals surface area contributed by atoms with Crippen LogP contribution in [-0.2, 0) is 9.59 Å². The van der Waals surface area contributed by atoms with Gasteiger partial charge in [-0.05, 0) is 36.3 Å². The standard InChI is InChI=1S/C15H21NO3S/c1-4-8(2)12(15(18)19)16-14(17)11-7-10(11)13-9(3)5-6-20-13/h5-6,8,10-12H,4,7H2,1-3H3,(H,16,17)(H,18,19). The summed E-state index contributed by atoms with van der Waals surface area (Å²) in [5.41, 5.74) is 1.23. The van der Waals surface area contributed by atoms with E-state index in [1.165, 1.54) is 10.4 Å². The Morgan fingerprint density at radius 3 is 2.75 bits per heavy atom. The first-order valence-corrected chi connectivity index (χ1v) is 7.90. The lowest BCUT2D eigenvalue weighted by Gasteiger charge is -2.20. The summed E-state index contributed by atoms with van der Waals surface area (Å²) in [5, 5.41) is 14.0. The van der Waals surface area contributed by atoms with Crippen molar-refractivity contribution in [2.24, 2.45) is 11.8 Å². The Balaban J connectivity index is 1.96. The number of thiophene rings is 1. The SMILES string of the molecule is CCC(C)C(NC(=O)C1CC1c1sccc1C)C(=O)O. The smallest absolute Gasteiger partial charge is 0.326 e. The van der Waals surface area contributed by atoms with Gasteiger partial charge in [0.15, 0.2) is 0 Å². The summed E-state index contributed by atoms with van der Waals surface area (Å²) >= 11 is 1.68. The molecule has 1 saturated carbocycles. The molecule has 2 N–H and O–H groups in total. The summed E-state index contributed by atoms with van der Waals surface area (Å²) in [7, 11) is 0. The minimum absolute atomic E-state index is 0.0572. The van der Waals surface area contributed by atoms with Crippen LogP contribution in [0.5, 0.6) is 0 Å². The van der Waals surface area contributed by atoms with Crippen molar-refractivity contribution < 1.29 is 14.7 Å². The van der Waals surface area contributed by atoms with Crippen LogP contribution in [0.4, 0.5) is 0 Å². The van der Waals surface area contributed by atoms with Crippen LogP contribution >= 0.6 is 11.3 Å². The van der Waals surface area contributed by atoms with E-state index in [-0.39, 0.29) is 23.7 Å². The summed E-state index contributed by atoms with van der Waals surface area (Å²) in [6.07, 6.45) is 1.56. The average molecular weight is 295 g/mol. The molecule has 0 aromatic carbocycles. The Bertz CT molecular complexity index is 511. The number of amides is 1. The van der Waals surface area contributed by atoms with Gasteiger partial charge < -0.3 is 10.4 Å². The van der Waals surface area contributed by atoms with E-state index in [1.807, 2.05) is 19.2 Å². The van der Waals surface area contributed by atoms with Crippen LogP contribution in [0.15, 0.2) is 11.4 Å². The van der Waals surface area contributed by atoms with Crippen LogP contribution in [-0.4, -0.2) is 23.0 Å². The van der Waals surface area contributed by atoms with Crippen LogP contribution in [0.25, 0.3) is 0 Å². The minimum Gasteiger partial charge on any atom is -0.480 e. The number of carboxylic acids is 1. The first-order valence-electron chi connectivity index (χ1n) is 7.02. The molecule has 5 heteroatoms. The van der Waals surface area contributed by atoms with Crippen LogP contribution < -0.4 is 5.32 Å². The zero-order chi connectivity index (χ0) is 14.9. The second-order valence-corrected chi connectivity index (χ2v) is 6.57. The third-order valence-corrected chi connectivity index (χ3v) is 5.29. The summed E-state index contributed by atoms with van der Waals surface area (Å²) in [6.45, 7) is 5.84. The van der Waals surface area contributed by atoms with Crippen molar-refractivity contribution >= 4 is 23.2 Å². The zero-order valence-corrected chi connectivity index (χ0v) is 12.9. The number of carbonyl (C=O) groups is 2. The predicted molar refractivity (Wildman–Crippen MR) is 78.9 cm³/mol. The maximum Gasteiger partial charge on any atom is 0.326 e. The molecule has 1 heterocycles. The monoisotopic (exact) mass is 295 g/mol. The first-order chi connectivity index (χ1) is 9.45. The van der Waals surface area contributed by atoms with Crippen molar-refractivity contribution in [3.05, 3.63) is 21.9 Å². The summed E-state index contributed by atoms with van der Waals surface area (Å²) < 4.78 is 0. The zero-order valence-electron chi connectivity index (χ0n) is 12.1. The van der Waals surface area contributed by atoms with Gasteiger partial charge in [-0.25, -0.2) is 4.79 Å². The van der Waals surface area contributed by atoms with Gasteiger partial charge in [-0.1, -0.05) is 20.3 Å². The highest BCUT2D eigenvalue weighted by molar-refractivity contribution is 7.10. The number of nitrogens with one attached hydrogen (secondary N) is 1. The minimum atomic E-state index is -0.947. The fourth-order valence-corrected chi connectivity index (χ4v) is 3.59. The fraction of sp³-hybridized carbons (Fsp3) is 0.600. The molecule has 4 atom stereocenters. The van der Waals surface area contributed by atoms with Crippen LogP contribution in [0.3, 0.4) is 0 Å². The molecule has 1 aromatic heterocycles. The highest BCUT2D eigenvalue weighted by atomic mass is 32.1. The van der Waals surface area contributed by atoms with E-state index in [2.05, 4.69) is 18.3 Å². The summed E-state index contributed by atoms with van der Waals surface area (Å²) in [5.74, 6) is -0.899. The van der Waals surface area contributed by atoms with E-state index >= 15 is 0 Å². The van der Waals surface area contributed by atoms with Crippen molar-refractivity contribution in [3.63, 3.8) is 0 Å². The molecule has 1 aliphatic carbocycles. The molecule has 4 unspecified atom stereocenters. The van der Waals surface area contributed by atoms with Crippen molar-refractivity contribution in [2.45, 2.75) is 45.6 Å². The first kappa shape index (κ1) is 15.0. The molecule has 1 amide bonds. The molecule has 110 valence electrons. The molecule has 1 aromatic rings. The van der Waals surface area contributed by atoms with E-state index < -0.39 is 12.0 Å². The van der Waals surface area contributed by atoms with Gasteiger partial charge in [-0.3, -0.25) is 4.79 Å². The number of rotatable bonds is 6. The third kappa shape index (κ3) is 3.03. The lowest BCUT2D eigenvalue weighted by atomic mass is 9.99. The molecule has 1 aliphatic rings. The molecular weight excluding hydrogens is 274 g/mol. The number of carboxylic acid groups (broad SMARTS) is 1. The van der Waals surface area contributed by atoms with Crippen molar-refractivity contribution in [3.8, 4) is 0 Å². The molecule has 0 radical (unpaired) electrons. The molecular formula is C15H21NO3S. The Labute approximate surface area is 123 Å². The largest absolute Gasteiger partial charge is 0.480 e. The normalized spacial score (nSPS) is 23.9. The Morgan fingerprint density at radius 2 is 2.25 bits per heavy atom. The van der Waals surface area contributed by atoms with Gasteiger partial charge >= 0.3 is 5.97 Å². The van der Waals surface area contributed by atoms with E-state index in [9.17, 15) is 14.7 Å². The number of aryl methyl sites for hydroxylation is 1. The maximum absolute atomic E-state index is 12.2. The van der Waals surface area contributed by atoms with E-state index in [0.29, 0.717) is 0 Å². The van der Waals surface area contributed by atoms with Crippen LogP contribution in [0, 0.1) is 18.8 Å². The van der Waals surface area contributed by atoms with Crippen molar-refractivity contribution in [2.75, 3.05) is 0 Å².